The van der Waals surface area contributed by atoms with Gasteiger partial charge in [-0.15, -0.1) is 0 Å². The molecule has 1 aromatic heterocycles. The summed E-state index contributed by atoms with van der Waals surface area (Å²) in [7, 11) is 0. The predicted octanol–water partition coefficient (Wildman–Crippen LogP) is -5.54. The first-order chi connectivity index (χ1) is 10.4. The molecule has 3 rings (SSSR count). The number of imidazole rings is 1. The van der Waals surface area contributed by atoms with Crippen LogP contribution >= 0.6 is 0 Å². The number of nitrogens with one attached hydrogen (secondary N) is 1. The molecule has 0 aliphatic carbocycles. The molecule has 2 aliphatic rings. The lowest BCUT2D eigenvalue weighted by Gasteiger charge is -2.17. The molecule has 22 heavy (non-hydrogen) atoms. The van der Waals surface area contributed by atoms with Crippen molar-refractivity contribution in [2.75, 3.05) is 6.61 Å². The molecule has 1 fully saturated rings. The lowest BCUT2D eigenvalue weighted by Crippen LogP contribution is -2.44. The van der Waals surface area contributed by atoms with Crippen molar-refractivity contribution in [1.82, 2.24) is 14.9 Å². The Kier molecular flexibility index (Phi) is 3.41. The third-order valence-corrected chi connectivity index (χ3v) is 3.59. The smallest absolute Gasteiger partial charge is 0.201 e. The topological polar surface area (TPSA) is 190 Å². The van der Waals surface area contributed by atoms with Gasteiger partial charge in [0.25, 0.3) is 0 Å². The van der Waals surface area contributed by atoms with E-state index in [1.165, 1.54) is 10.9 Å². The number of rotatable bonds is 2. The van der Waals surface area contributed by atoms with Crippen molar-refractivity contribution in [3.05, 3.63) is 17.0 Å². The minimum Gasteiger partial charge on any atom is -0.394 e. The molecule has 0 spiro atoms. The van der Waals surface area contributed by atoms with Crippen LogP contribution in [0.2, 0.25) is 0 Å². The molecule has 120 valence electrons. The lowest BCUT2D eigenvalue weighted by atomic mass is 10.1. The third kappa shape index (κ3) is 2.07. The average molecular weight is 311 g/mol. The van der Waals surface area contributed by atoms with Gasteiger partial charge in [-0.1, -0.05) is 0 Å². The molecular formula is C11H17N7O4. The summed E-state index contributed by atoms with van der Waals surface area (Å²) >= 11 is 0. The fourth-order valence-corrected chi connectivity index (χ4v) is 2.53. The number of fused-ring (bicyclic) bond motifs is 1. The molecule has 10 N–H and O–H groups in total. The van der Waals surface area contributed by atoms with Crippen LogP contribution in [-0.2, 0) is 4.74 Å². The molecule has 0 bridgehead atoms. The van der Waals surface area contributed by atoms with Crippen molar-refractivity contribution in [2.45, 2.75) is 24.5 Å². The highest BCUT2D eigenvalue weighted by atomic mass is 16.6. The number of ether oxygens (including phenoxy) is 1. The van der Waals surface area contributed by atoms with Gasteiger partial charge in [0.1, 0.15) is 34.8 Å². The lowest BCUT2D eigenvalue weighted by molar-refractivity contribution is -0.0541. The van der Waals surface area contributed by atoms with E-state index in [2.05, 4.69) is 15.3 Å². The Morgan fingerprint density at radius 1 is 1.27 bits per heavy atom. The molecule has 11 nitrogen and oxygen atoms in total. The SMILES string of the molecule is NC1=NC(N)=c2ncn([C@@H]3O[C@H](CO)[C@@H](O)[C@H]3O)c2=C(N)N1. The number of guanidine groups is 1. The Bertz CT molecular complexity index is 742. The standard InChI is InChI=1S/C11H17N7O4/c12-8-4-5(9(13)17-11(14)16-8)18(2-15-4)10-7(21)6(20)3(1-19)22-10/h2-3,6-7,10,19-21H,1,12-13H2,(H3,14,16,17)/t3-,6-,7-,10-/m1/s1. The van der Waals surface area contributed by atoms with E-state index in [-0.39, 0.29) is 23.0 Å². The molecule has 1 saturated heterocycles. The average Bonchev–Trinajstić information content (AvgIpc) is 2.98. The van der Waals surface area contributed by atoms with E-state index in [0.29, 0.717) is 5.35 Å². The van der Waals surface area contributed by atoms with Crippen molar-refractivity contribution >= 4 is 17.6 Å². The minimum absolute atomic E-state index is 0.000656. The van der Waals surface area contributed by atoms with Crippen LogP contribution in [0.3, 0.4) is 0 Å². The van der Waals surface area contributed by atoms with Crippen LogP contribution in [0, 0.1) is 0 Å². The van der Waals surface area contributed by atoms with E-state index in [0.717, 1.165) is 0 Å². The van der Waals surface area contributed by atoms with Gasteiger partial charge in [0, 0.05) is 0 Å². The monoisotopic (exact) mass is 311 g/mol. The van der Waals surface area contributed by atoms with Crippen LogP contribution < -0.4 is 33.2 Å². The highest BCUT2D eigenvalue weighted by molar-refractivity contribution is 5.87. The van der Waals surface area contributed by atoms with Gasteiger partial charge in [-0.25, -0.2) is 4.98 Å². The normalized spacial score (nSPS) is 31.5. The summed E-state index contributed by atoms with van der Waals surface area (Å²) in [5.41, 5.74) is 17.3. The van der Waals surface area contributed by atoms with Crippen LogP contribution in [0.4, 0.5) is 0 Å². The second-order valence-corrected chi connectivity index (χ2v) is 5.00. The minimum atomic E-state index is -1.27. The zero-order valence-corrected chi connectivity index (χ0v) is 11.4. The summed E-state index contributed by atoms with van der Waals surface area (Å²) in [6, 6.07) is 0. The zero-order chi connectivity index (χ0) is 16.0. The van der Waals surface area contributed by atoms with Crippen molar-refractivity contribution in [1.29, 1.82) is 0 Å². The molecule has 0 saturated carbocycles. The molecule has 0 unspecified atom stereocenters. The van der Waals surface area contributed by atoms with E-state index in [9.17, 15) is 10.2 Å². The summed E-state index contributed by atoms with van der Waals surface area (Å²) in [4.78, 5) is 7.98. The fourth-order valence-electron chi connectivity index (χ4n) is 2.53. The summed E-state index contributed by atoms with van der Waals surface area (Å²) < 4.78 is 6.86. The first kappa shape index (κ1) is 14.6. The second kappa shape index (κ2) is 5.14. The number of hydrogen-bond acceptors (Lipinski definition) is 10. The van der Waals surface area contributed by atoms with Gasteiger partial charge in [0.15, 0.2) is 12.0 Å². The summed E-state index contributed by atoms with van der Waals surface area (Å²) in [5.74, 6) is 0.165. The number of aliphatic hydroxyl groups excluding tert-OH is 3. The second-order valence-electron chi connectivity index (χ2n) is 5.00. The number of aliphatic hydroxyl groups is 3. The number of nitrogens with zero attached hydrogens (tertiary/aromatic N) is 3. The molecule has 4 atom stereocenters. The van der Waals surface area contributed by atoms with Crippen LogP contribution in [0.15, 0.2) is 11.3 Å². The quantitative estimate of drug-likeness (QED) is 0.279. The van der Waals surface area contributed by atoms with E-state index < -0.39 is 31.1 Å². The van der Waals surface area contributed by atoms with Crippen LogP contribution in [0.25, 0.3) is 11.6 Å². The Morgan fingerprint density at radius 2 is 2.00 bits per heavy atom. The van der Waals surface area contributed by atoms with Crippen LogP contribution in [0.5, 0.6) is 0 Å². The molecule has 1 aromatic rings. The number of aliphatic imine (C=N–C) groups is 1. The summed E-state index contributed by atoms with van der Waals surface area (Å²) in [5, 5.41) is 32.3. The molecule has 0 aromatic carbocycles. The van der Waals surface area contributed by atoms with Gasteiger partial charge in [0.05, 0.1) is 12.9 Å². The van der Waals surface area contributed by atoms with E-state index >= 15 is 0 Å². The third-order valence-electron chi connectivity index (χ3n) is 3.59. The van der Waals surface area contributed by atoms with Gasteiger partial charge in [0.2, 0.25) is 5.96 Å². The molecule has 11 heteroatoms. The maximum atomic E-state index is 10.1. The summed E-state index contributed by atoms with van der Waals surface area (Å²) in [6.45, 7) is -0.437. The van der Waals surface area contributed by atoms with Crippen molar-refractivity contribution in [3.8, 4) is 0 Å². The van der Waals surface area contributed by atoms with Gasteiger partial charge in [-0.3, -0.25) is 4.57 Å². The zero-order valence-electron chi connectivity index (χ0n) is 11.4. The van der Waals surface area contributed by atoms with Crippen LogP contribution in [-0.4, -0.2) is 55.7 Å². The highest BCUT2D eigenvalue weighted by Gasteiger charge is 2.43. The van der Waals surface area contributed by atoms with Gasteiger partial charge < -0.3 is 42.6 Å². The van der Waals surface area contributed by atoms with Crippen LogP contribution in [0.1, 0.15) is 6.23 Å². The predicted molar refractivity (Wildman–Crippen MR) is 74.4 cm³/mol. The summed E-state index contributed by atoms with van der Waals surface area (Å²) in [6.07, 6.45) is -3.07. The maximum Gasteiger partial charge on any atom is 0.201 e. The molecule has 0 amide bonds. The van der Waals surface area contributed by atoms with E-state index in [1.807, 2.05) is 0 Å². The largest absolute Gasteiger partial charge is 0.394 e. The Morgan fingerprint density at radius 3 is 2.64 bits per heavy atom. The number of hydrogen-bond donors (Lipinski definition) is 7. The van der Waals surface area contributed by atoms with Gasteiger partial charge >= 0.3 is 0 Å². The molecule has 3 heterocycles. The fraction of sp³-hybridized carbons (Fsp3) is 0.455. The van der Waals surface area contributed by atoms with Crippen molar-refractivity contribution in [3.63, 3.8) is 0 Å². The van der Waals surface area contributed by atoms with E-state index in [1.54, 1.807) is 0 Å². The van der Waals surface area contributed by atoms with Crippen molar-refractivity contribution < 1.29 is 20.1 Å². The highest BCUT2D eigenvalue weighted by Crippen LogP contribution is 2.27. The van der Waals surface area contributed by atoms with Crippen molar-refractivity contribution in [2.24, 2.45) is 22.2 Å². The number of nitrogens with two attached hydrogens (primary N) is 3. The van der Waals surface area contributed by atoms with Gasteiger partial charge in [-0.2, -0.15) is 4.99 Å². The first-order valence-electron chi connectivity index (χ1n) is 6.50. The molecule has 2 aliphatic heterocycles. The maximum absolute atomic E-state index is 10.1. The first-order valence-corrected chi connectivity index (χ1v) is 6.50. The molecule has 0 radical (unpaired) electrons. The van der Waals surface area contributed by atoms with E-state index in [4.69, 9.17) is 27.0 Å². The Labute approximate surface area is 124 Å². The van der Waals surface area contributed by atoms with Gasteiger partial charge in [-0.05, 0) is 0 Å². The molecular weight excluding hydrogens is 294 g/mol. The number of aromatic nitrogens is 2. The Hall–Kier alpha value is -2.34. The Balaban J connectivity index is 2.15.